The number of rotatable bonds is 7. The number of fused-ring (bicyclic) bond motifs is 1. The zero-order valence-corrected chi connectivity index (χ0v) is 20.0. The van der Waals surface area contributed by atoms with Crippen molar-refractivity contribution in [1.29, 1.82) is 0 Å². The first kappa shape index (κ1) is 21.9. The Morgan fingerprint density at radius 2 is 1.83 bits per heavy atom. The summed E-state index contributed by atoms with van der Waals surface area (Å²) in [5.74, 6) is 1.11. The second-order valence-electron chi connectivity index (χ2n) is 8.25. The van der Waals surface area contributed by atoms with Gasteiger partial charge in [0, 0.05) is 24.2 Å². The van der Waals surface area contributed by atoms with Crippen LogP contribution in [0.15, 0.2) is 102 Å². The average molecular weight is 492 g/mol. The predicted octanol–water partition coefficient (Wildman–Crippen LogP) is 5.79. The molecule has 176 valence electrons. The van der Waals surface area contributed by atoms with Crippen molar-refractivity contribution < 1.29 is 9.21 Å². The van der Waals surface area contributed by atoms with Crippen molar-refractivity contribution in [2.75, 3.05) is 0 Å². The summed E-state index contributed by atoms with van der Waals surface area (Å²) in [6.45, 7) is 0.811. The van der Waals surface area contributed by atoms with Gasteiger partial charge in [0.05, 0.1) is 28.9 Å². The molecule has 0 radical (unpaired) electrons. The van der Waals surface area contributed by atoms with Crippen molar-refractivity contribution in [3.8, 4) is 22.0 Å². The molecule has 6 aromatic rings. The molecule has 36 heavy (non-hydrogen) atoms. The minimum atomic E-state index is -0.230. The number of hydrogen-bond donors (Lipinski definition) is 1. The second kappa shape index (κ2) is 9.59. The van der Waals surface area contributed by atoms with Crippen LogP contribution in [0.5, 0.6) is 0 Å². The number of hydrogen-bond acceptors (Lipinski definition) is 6. The number of nitrogens with one attached hydrogen (secondary N) is 1. The fourth-order valence-electron chi connectivity index (χ4n) is 3.98. The molecule has 2 aromatic carbocycles. The summed E-state index contributed by atoms with van der Waals surface area (Å²) in [5, 5.41) is 8.49. The van der Waals surface area contributed by atoms with E-state index in [4.69, 9.17) is 9.52 Å². The number of para-hydroxylation sites is 1. The minimum Gasteiger partial charge on any atom is -0.457 e. The predicted molar refractivity (Wildman–Crippen MR) is 139 cm³/mol. The van der Waals surface area contributed by atoms with Crippen molar-refractivity contribution in [2.45, 2.75) is 13.1 Å². The zero-order valence-electron chi connectivity index (χ0n) is 19.2. The molecular weight excluding hydrogens is 470 g/mol. The molecule has 7 nitrogen and oxygen atoms in total. The molecule has 0 saturated carbocycles. The van der Waals surface area contributed by atoms with Gasteiger partial charge in [-0.25, -0.2) is 4.98 Å². The van der Waals surface area contributed by atoms with E-state index in [9.17, 15) is 4.79 Å². The number of thiazole rings is 1. The van der Waals surface area contributed by atoms with E-state index in [-0.39, 0.29) is 12.5 Å². The molecule has 1 N–H and O–H groups in total. The van der Waals surface area contributed by atoms with Gasteiger partial charge in [0.15, 0.2) is 10.8 Å². The first-order chi connectivity index (χ1) is 17.7. The van der Waals surface area contributed by atoms with Crippen molar-refractivity contribution in [3.63, 3.8) is 0 Å². The Labute approximate surface area is 211 Å². The molecular formula is C28H21N5O2S. The van der Waals surface area contributed by atoms with E-state index in [2.05, 4.69) is 15.3 Å². The van der Waals surface area contributed by atoms with Gasteiger partial charge in [0.1, 0.15) is 11.5 Å². The number of furan rings is 1. The molecule has 4 aromatic heterocycles. The van der Waals surface area contributed by atoms with Gasteiger partial charge in [0.2, 0.25) is 0 Å². The fraction of sp³-hybridized carbons (Fsp3) is 0.0714. The molecule has 0 aliphatic rings. The Morgan fingerprint density at radius 3 is 2.67 bits per heavy atom. The van der Waals surface area contributed by atoms with E-state index >= 15 is 0 Å². The smallest absolute Gasteiger partial charge is 0.255 e. The van der Waals surface area contributed by atoms with Gasteiger partial charge in [0.25, 0.3) is 5.91 Å². The highest BCUT2D eigenvalue weighted by Gasteiger charge is 2.19. The molecule has 0 unspecified atom stereocenters. The van der Waals surface area contributed by atoms with Crippen molar-refractivity contribution in [3.05, 3.63) is 114 Å². The first-order valence-corrected chi connectivity index (χ1v) is 12.3. The summed E-state index contributed by atoms with van der Waals surface area (Å²) in [6, 6.07) is 25.5. The van der Waals surface area contributed by atoms with E-state index in [0.717, 1.165) is 26.4 Å². The lowest BCUT2D eigenvalue weighted by Crippen LogP contribution is -2.22. The van der Waals surface area contributed by atoms with E-state index in [1.807, 2.05) is 78.9 Å². The van der Waals surface area contributed by atoms with Crippen LogP contribution in [0.4, 0.5) is 0 Å². The van der Waals surface area contributed by atoms with Crippen LogP contribution >= 0.6 is 11.3 Å². The molecule has 0 fully saturated rings. The first-order valence-electron chi connectivity index (χ1n) is 11.5. The van der Waals surface area contributed by atoms with Gasteiger partial charge in [-0.2, -0.15) is 5.10 Å². The van der Waals surface area contributed by atoms with E-state index in [1.165, 1.54) is 0 Å². The summed E-state index contributed by atoms with van der Waals surface area (Å²) < 4.78 is 8.88. The third-order valence-corrected chi connectivity index (χ3v) is 6.77. The van der Waals surface area contributed by atoms with E-state index in [1.54, 1.807) is 34.6 Å². The van der Waals surface area contributed by atoms with E-state index < -0.39 is 0 Å². The summed E-state index contributed by atoms with van der Waals surface area (Å²) in [5.41, 5.74) is 3.90. The number of pyridine rings is 1. The number of carbonyl (C=O) groups is 1. The van der Waals surface area contributed by atoms with Crippen LogP contribution in [-0.2, 0) is 13.1 Å². The quantitative estimate of drug-likeness (QED) is 0.305. The number of amides is 1. The molecule has 0 aliphatic heterocycles. The number of aromatic nitrogens is 4. The Kier molecular flexibility index (Phi) is 5.85. The van der Waals surface area contributed by atoms with Gasteiger partial charge in [-0.15, -0.1) is 11.3 Å². The van der Waals surface area contributed by atoms with E-state index in [0.29, 0.717) is 29.3 Å². The highest BCUT2D eigenvalue weighted by atomic mass is 32.1. The second-order valence-corrected chi connectivity index (χ2v) is 9.28. The summed E-state index contributed by atoms with van der Waals surface area (Å²) in [6.07, 6.45) is 5.19. The maximum Gasteiger partial charge on any atom is 0.255 e. The van der Waals surface area contributed by atoms with Gasteiger partial charge in [-0.05, 0) is 42.0 Å². The van der Waals surface area contributed by atoms with Gasteiger partial charge < -0.3 is 9.73 Å². The highest BCUT2D eigenvalue weighted by Crippen LogP contribution is 2.31. The Balaban J connectivity index is 1.21. The highest BCUT2D eigenvalue weighted by molar-refractivity contribution is 7.21. The molecule has 6 rings (SSSR count). The molecule has 1 amide bonds. The van der Waals surface area contributed by atoms with Crippen molar-refractivity contribution in [2.24, 2.45) is 0 Å². The maximum absolute atomic E-state index is 13.2. The van der Waals surface area contributed by atoms with Crippen LogP contribution in [0, 0.1) is 0 Å². The van der Waals surface area contributed by atoms with Gasteiger partial charge in [-0.1, -0.05) is 42.5 Å². The van der Waals surface area contributed by atoms with Crippen LogP contribution in [0.3, 0.4) is 0 Å². The third-order valence-electron chi connectivity index (χ3n) is 5.72. The molecule has 0 saturated heterocycles. The van der Waals surface area contributed by atoms with Crippen LogP contribution in [0.2, 0.25) is 0 Å². The van der Waals surface area contributed by atoms with Gasteiger partial charge in [-0.3, -0.25) is 14.5 Å². The van der Waals surface area contributed by atoms with Crippen molar-refractivity contribution >= 4 is 27.5 Å². The Bertz CT molecular complexity index is 1600. The molecule has 0 aliphatic carbocycles. The lowest BCUT2D eigenvalue weighted by molar-refractivity contribution is 0.0948. The maximum atomic E-state index is 13.2. The van der Waals surface area contributed by atoms with Crippen LogP contribution < -0.4 is 5.32 Å². The largest absolute Gasteiger partial charge is 0.457 e. The SMILES string of the molecule is O=C(NCc1ccc(-c2nc3ccccc3s2)o1)c1cn(Cc2ccccc2)nc1-c1cccnc1. The summed E-state index contributed by atoms with van der Waals surface area (Å²) in [7, 11) is 0. The monoisotopic (exact) mass is 491 g/mol. The topological polar surface area (TPSA) is 85.8 Å². The van der Waals surface area contributed by atoms with Crippen molar-refractivity contribution in [1.82, 2.24) is 25.1 Å². The van der Waals surface area contributed by atoms with Gasteiger partial charge >= 0.3 is 0 Å². The van der Waals surface area contributed by atoms with Crippen LogP contribution in [-0.4, -0.2) is 25.7 Å². The average Bonchev–Trinajstić information content (AvgIpc) is 3.66. The third kappa shape index (κ3) is 4.54. The normalized spacial score (nSPS) is 11.1. The molecule has 4 heterocycles. The van der Waals surface area contributed by atoms with Crippen LogP contribution in [0.1, 0.15) is 21.7 Å². The van der Waals surface area contributed by atoms with Crippen LogP contribution in [0.25, 0.3) is 32.2 Å². The zero-order chi connectivity index (χ0) is 24.3. The number of nitrogens with zero attached hydrogens (tertiary/aromatic N) is 4. The Morgan fingerprint density at radius 1 is 0.972 bits per heavy atom. The minimum absolute atomic E-state index is 0.230. The molecule has 0 spiro atoms. The lowest BCUT2D eigenvalue weighted by atomic mass is 10.1. The number of benzene rings is 2. The summed E-state index contributed by atoms with van der Waals surface area (Å²) in [4.78, 5) is 22.1. The number of carbonyl (C=O) groups excluding carboxylic acids is 1. The fourth-order valence-corrected chi connectivity index (χ4v) is 4.91. The Hall–Kier alpha value is -4.56. The molecule has 8 heteroatoms. The molecule has 0 bridgehead atoms. The lowest BCUT2D eigenvalue weighted by Gasteiger charge is -2.04. The molecule has 0 atom stereocenters. The standard InChI is InChI=1S/C28H21N5O2S/c34-27(30-16-21-12-13-24(35-21)28-31-23-10-4-5-11-25(23)36-28)22-18-33(17-19-7-2-1-3-8-19)32-26(22)20-9-6-14-29-15-20/h1-15,18H,16-17H2,(H,30,34). The summed E-state index contributed by atoms with van der Waals surface area (Å²) >= 11 is 1.58.